The summed E-state index contributed by atoms with van der Waals surface area (Å²) in [6.07, 6.45) is 1.72. The van der Waals surface area contributed by atoms with Crippen LogP contribution in [0.5, 0.6) is 0 Å². The van der Waals surface area contributed by atoms with Crippen LogP contribution in [-0.4, -0.2) is 6.54 Å². The van der Waals surface area contributed by atoms with Crippen molar-refractivity contribution in [1.82, 2.24) is 5.32 Å². The summed E-state index contributed by atoms with van der Waals surface area (Å²) in [5, 5.41) is 6.51. The van der Waals surface area contributed by atoms with Crippen LogP contribution in [0.25, 0.3) is 0 Å². The van der Waals surface area contributed by atoms with Gasteiger partial charge in [-0.3, -0.25) is 0 Å². The molecule has 0 amide bonds. The molecule has 21 heavy (non-hydrogen) atoms. The molecule has 5 heteroatoms. The average molecular weight is 346 g/mol. The van der Waals surface area contributed by atoms with Gasteiger partial charge in [0.05, 0.1) is 10.0 Å². The molecule has 1 aromatic carbocycles. The molecule has 1 N–H and O–H groups in total. The van der Waals surface area contributed by atoms with Crippen LogP contribution in [0, 0.1) is 12.7 Å². The van der Waals surface area contributed by atoms with Crippen LogP contribution < -0.4 is 5.32 Å². The number of benzene rings is 1. The first-order valence-corrected chi connectivity index (χ1v) is 8.57. The summed E-state index contributed by atoms with van der Waals surface area (Å²) in [4.78, 5) is 1.11. The number of hydrogen-bond donors (Lipinski definition) is 1. The third kappa shape index (κ3) is 4.19. The zero-order valence-electron chi connectivity index (χ0n) is 12.1. The minimum Gasteiger partial charge on any atom is -0.309 e. The van der Waals surface area contributed by atoms with E-state index in [-0.39, 0.29) is 16.9 Å². The zero-order valence-corrected chi connectivity index (χ0v) is 14.4. The second kappa shape index (κ2) is 7.59. The number of thiophene rings is 1. The summed E-state index contributed by atoms with van der Waals surface area (Å²) >= 11 is 13.8. The Morgan fingerprint density at radius 2 is 2.10 bits per heavy atom. The van der Waals surface area contributed by atoms with Crippen molar-refractivity contribution in [3.05, 3.63) is 55.4 Å². The van der Waals surface area contributed by atoms with Gasteiger partial charge in [0, 0.05) is 10.9 Å². The molecule has 0 aliphatic heterocycles. The highest BCUT2D eigenvalue weighted by Gasteiger charge is 2.18. The lowest BCUT2D eigenvalue weighted by molar-refractivity contribution is 0.534. The van der Waals surface area contributed by atoms with E-state index in [9.17, 15) is 4.39 Å². The molecule has 0 saturated carbocycles. The summed E-state index contributed by atoms with van der Waals surface area (Å²) < 4.78 is 13.6. The maximum atomic E-state index is 13.6. The van der Waals surface area contributed by atoms with Crippen LogP contribution >= 0.6 is 34.5 Å². The third-order valence-corrected chi connectivity index (χ3v) is 5.44. The molecule has 0 aliphatic rings. The van der Waals surface area contributed by atoms with Gasteiger partial charge in [0.15, 0.2) is 0 Å². The Bertz CT molecular complexity index is 612. The van der Waals surface area contributed by atoms with Crippen molar-refractivity contribution in [3.63, 3.8) is 0 Å². The van der Waals surface area contributed by atoms with Gasteiger partial charge in [0.1, 0.15) is 5.82 Å². The van der Waals surface area contributed by atoms with Crippen LogP contribution in [-0.2, 0) is 6.42 Å². The molecule has 0 aliphatic carbocycles. The van der Waals surface area contributed by atoms with Crippen LogP contribution in [0.3, 0.4) is 0 Å². The van der Waals surface area contributed by atoms with Gasteiger partial charge in [-0.2, -0.15) is 0 Å². The van der Waals surface area contributed by atoms with Gasteiger partial charge in [0.25, 0.3) is 0 Å². The highest BCUT2D eigenvalue weighted by Crippen LogP contribution is 2.34. The van der Waals surface area contributed by atoms with E-state index in [4.69, 9.17) is 23.2 Å². The summed E-state index contributed by atoms with van der Waals surface area (Å²) in [5.41, 5.74) is 2.00. The predicted octanol–water partition coefficient (Wildman–Crippen LogP) is 5.79. The minimum absolute atomic E-state index is 0.0942. The highest BCUT2D eigenvalue weighted by atomic mass is 35.5. The van der Waals surface area contributed by atoms with E-state index in [1.165, 1.54) is 6.07 Å². The Morgan fingerprint density at radius 1 is 1.33 bits per heavy atom. The predicted molar refractivity (Wildman–Crippen MR) is 90.2 cm³/mol. The van der Waals surface area contributed by atoms with Gasteiger partial charge in [-0.25, -0.2) is 4.39 Å². The number of aryl methyl sites for hydroxylation is 1. The number of hydrogen-bond acceptors (Lipinski definition) is 2. The van der Waals surface area contributed by atoms with Crippen molar-refractivity contribution in [2.24, 2.45) is 0 Å². The molecule has 0 bridgehead atoms. The summed E-state index contributed by atoms with van der Waals surface area (Å²) in [7, 11) is 0. The fourth-order valence-corrected chi connectivity index (χ4v) is 3.68. The van der Waals surface area contributed by atoms with E-state index in [1.54, 1.807) is 17.4 Å². The van der Waals surface area contributed by atoms with Crippen LogP contribution in [0.1, 0.15) is 35.4 Å². The Morgan fingerprint density at radius 3 is 2.67 bits per heavy atom. The van der Waals surface area contributed by atoms with Gasteiger partial charge < -0.3 is 5.32 Å². The first kappa shape index (κ1) is 16.8. The highest BCUT2D eigenvalue weighted by molar-refractivity contribution is 7.10. The average Bonchev–Trinajstić information content (AvgIpc) is 2.79. The second-order valence-electron chi connectivity index (χ2n) is 5.06. The molecule has 114 valence electrons. The van der Waals surface area contributed by atoms with Crippen LogP contribution in [0.2, 0.25) is 10.0 Å². The van der Waals surface area contributed by atoms with Crippen molar-refractivity contribution in [2.45, 2.75) is 32.7 Å². The molecule has 0 fully saturated rings. The number of halogens is 3. The maximum absolute atomic E-state index is 13.6. The molecular formula is C16H18Cl2FNS. The lowest BCUT2D eigenvalue weighted by atomic mass is 10.0. The van der Waals surface area contributed by atoms with E-state index in [2.05, 4.69) is 17.6 Å². The lowest BCUT2D eigenvalue weighted by Crippen LogP contribution is -2.23. The third-order valence-electron chi connectivity index (χ3n) is 3.31. The van der Waals surface area contributed by atoms with E-state index >= 15 is 0 Å². The quantitative estimate of drug-likeness (QED) is 0.698. The SMILES string of the molecule is CCCNC(Cc1ccc(Cl)c(F)c1)c1scc(C)c1Cl. The Kier molecular flexibility index (Phi) is 6.06. The minimum atomic E-state index is -0.378. The van der Waals surface area contributed by atoms with Gasteiger partial charge in [-0.05, 0) is 54.9 Å². The molecule has 1 unspecified atom stereocenters. The Balaban J connectivity index is 2.23. The van der Waals surface area contributed by atoms with E-state index in [0.717, 1.165) is 34.0 Å². The smallest absolute Gasteiger partial charge is 0.142 e. The molecular weight excluding hydrogens is 328 g/mol. The summed E-state index contributed by atoms with van der Waals surface area (Å²) in [6, 6.07) is 5.05. The molecule has 1 aromatic heterocycles. The first-order chi connectivity index (χ1) is 10.0. The molecule has 1 nitrogen and oxygen atoms in total. The number of nitrogens with one attached hydrogen (secondary N) is 1. The molecule has 0 saturated heterocycles. The largest absolute Gasteiger partial charge is 0.309 e. The van der Waals surface area contributed by atoms with Gasteiger partial charge in [0.2, 0.25) is 0 Å². The lowest BCUT2D eigenvalue weighted by Gasteiger charge is -2.18. The van der Waals surface area contributed by atoms with Gasteiger partial charge >= 0.3 is 0 Å². The molecule has 1 heterocycles. The Hall–Kier alpha value is -0.610. The van der Waals surface area contributed by atoms with E-state index < -0.39 is 0 Å². The van der Waals surface area contributed by atoms with Crippen molar-refractivity contribution >= 4 is 34.5 Å². The van der Waals surface area contributed by atoms with Crippen molar-refractivity contribution in [3.8, 4) is 0 Å². The first-order valence-electron chi connectivity index (χ1n) is 6.93. The normalized spacial score (nSPS) is 12.6. The summed E-state index contributed by atoms with van der Waals surface area (Å²) in [6.45, 7) is 5.02. The number of rotatable bonds is 6. The van der Waals surface area contributed by atoms with Crippen LogP contribution in [0.4, 0.5) is 4.39 Å². The van der Waals surface area contributed by atoms with Crippen molar-refractivity contribution in [1.29, 1.82) is 0 Å². The fourth-order valence-electron chi connectivity index (χ4n) is 2.16. The van der Waals surface area contributed by atoms with Gasteiger partial charge in [-0.15, -0.1) is 11.3 Å². The Labute approximate surface area is 139 Å². The molecule has 0 spiro atoms. The van der Waals surface area contributed by atoms with Crippen molar-refractivity contribution < 1.29 is 4.39 Å². The van der Waals surface area contributed by atoms with Crippen molar-refractivity contribution in [2.75, 3.05) is 6.54 Å². The fraction of sp³-hybridized carbons (Fsp3) is 0.375. The molecule has 2 aromatic rings. The topological polar surface area (TPSA) is 12.0 Å². The van der Waals surface area contributed by atoms with E-state index in [1.807, 2.05) is 13.0 Å². The zero-order chi connectivity index (χ0) is 15.4. The molecule has 1 atom stereocenters. The molecule has 2 rings (SSSR count). The standard InChI is InChI=1S/C16H18Cl2FNS/c1-3-6-20-14(16-15(18)10(2)9-21-16)8-11-4-5-12(17)13(19)7-11/h4-5,7,9,14,20H,3,6,8H2,1-2H3. The monoisotopic (exact) mass is 345 g/mol. The second-order valence-corrected chi connectivity index (χ2v) is 6.75. The summed E-state index contributed by atoms with van der Waals surface area (Å²) in [5.74, 6) is -0.378. The van der Waals surface area contributed by atoms with Crippen LogP contribution in [0.15, 0.2) is 23.6 Å². The molecule has 0 radical (unpaired) electrons. The van der Waals surface area contributed by atoms with E-state index in [0.29, 0.717) is 6.42 Å². The van der Waals surface area contributed by atoms with Gasteiger partial charge in [-0.1, -0.05) is 36.2 Å². The maximum Gasteiger partial charge on any atom is 0.142 e.